The molecule has 0 atom stereocenters. The summed E-state index contributed by atoms with van der Waals surface area (Å²) in [5, 5.41) is 13.2. The number of rotatable bonds is 3. The highest BCUT2D eigenvalue weighted by molar-refractivity contribution is 5.88. The Morgan fingerprint density at radius 2 is 2.18 bits per heavy atom. The molecular weight excluding hydrogens is 220 g/mol. The number of carboxylic acid groups (broad SMARTS) is 1. The molecule has 1 aromatic carbocycles. The molecule has 0 unspecified atom stereocenters. The minimum atomic E-state index is -0.992. The van der Waals surface area contributed by atoms with Gasteiger partial charge < -0.3 is 9.84 Å². The van der Waals surface area contributed by atoms with Crippen LogP contribution in [0.5, 0.6) is 5.75 Å². The second kappa shape index (κ2) is 4.29. The Hall–Kier alpha value is -2.30. The van der Waals surface area contributed by atoms with Crippen LogP contribution in [0.25, 0.3) is 5.69 Å². The number of hydrogen-bond acceptors (Lipinski definition) is 3. The molecule has 1 aromatic heterocycles. The predicted molar refractivity (Wildman–Crippen MR) is 61.8 cm³/mol. The van der Waals surface area contributed by atoms with E-state index in [-0.39, 0.29) is 5.56 Å². The largest absolute Gasteiger partial charge is 0.497 e. The summed E-state index contributed by atoms with van der Waals surface area (Å²) >= 11 is 0. The van der Waals surface area contributed by atoms with Crippen LogP contribution in [0.3, 0.4) is 0 Å². The number of nitrogens with zero attached hydrogens (tertiary/aromatic N) is 2. The molecule has 0 aliphatic heterocycles. The zero-order chi connectivity index (χ0) is 12.4. The van der Waals surface area contributed by atoms with Crippen LogP contribution in [0, 0.1) is 6.92 Å². The first kappa shape index (κ1) is 11.2. The highest BCUT2D eigenvalue weighted by Crippen LogP contribution is 2.19. The summed E-state index contributed by atoms with van der Waals surface area (Å²) in [6.45, 7) is 1.87. The highest BCUT2D eigenvalue weighted by Gasteiger charge is 2.09. The van der Waals surface area contributed by atoms with E-state index in [1.807, 2.05) is 13.0 Å². The molecule has 0 spiro atoms. The Balaban J connectivity index is 2.53. The second-order valence-corrected chi connectivity index (χ2v) is 3.63. The maximum absolute atomic E-state index is 11.0. The minimum absolute atomic E-state index is 0.174. The van der Waals surface area contributed by atoms with Crippen LogP contribution in [-0.4, -0.2) is 28.0 Å². The van der Waals surface area contributed by atoms with Gasteiger partial charge in [0.2, 0.25) is 0 Å². The average molecular weight is 232 g/mol. The first-order chi connectivity index (χ1) is 8.10. The van der Waals surface area contributed by atoms with Crippen molar-refractivity contribution in [1.29, 1.82) is 0 Å². The summed E-state index contributed by atoms with van der Waals surface area (Å²) in [6.07, 6.45) is 1.77. The summed E-state index contributed by atoms with van der Waals surface area (Å²) in [6, 6.07) is 6.61. The lowest BCUT2D eigenvalue weighted by Crippen LogP contribution is -2.02. The molecule has 2 rings (SSSR count). The van der Waals surface area contributed by atoms with Crippen molar-refractivity contribution in [3.63, 3.8) is 0 Å². The SMILES string of the molecule is COc1cc(C(=O)O)cc(-n2ccc(C)n2)c1. The molecule has 0 saturated carbocycles. The Morgan fingerprint density at radius 1 is 1.41 bits per heavy atom. The van der Waals surface area contributed by atoms with Gasteiger partial charge in [-0.15, -0.1) is 0 Å². The first-order valence-electron chi connectivity index (χ1n) is 5.05. The van der Waals surface area contributed by atoms with E-state index >= 15 is 0 Å². The Labute approximate surface area is 98.3 Å². The lowest BCUT2D eigenvalue weighted by Gasteiger charge is -2.06. The molecule has 0 aliphatic rings. The number of benzene rings is 1. The Bertz CT molecular complexity index is 561. The predicted octanol–water partition coefficient (Wildman–Crippen LogP) is 1.89. The smallest absolute Gasteiger partial charge is 0.335 e. The van der Waals surface area contributed by atoms with Crippen LogP contribution >= 0.6 is 0 Å². The van der Waals surface area contributed by atoms with Gasteiger partial charge in [0.1, 0.15) is 5.75 Å². The van der Waals surface area contributed by atoms with Crippen molar-refractivity contribution in [3.05, 3.63) is 41.7 Å². The normalized spacial score (nSPS) is 10.2. The van der Waals surface area contributed by atoms with Crippen molar-refractivity contribution >= 4 is 5.97 Å². The topological polar surface area (TPSA) is 64.3 Å². The fraction of sp³-hybridized carbons (Fsp3) is 0.167. The zero-order valence-corrected chi connectivity index (χ0v) is 9.54. The number of carboxylic acids is 1. The van der Waals surface area contributed by atoms with Gasteiger partial charge in [0.05, 0.1) is 24.1 Å². The van der Waals surface area contributed by atoms with Gasteiger partial charge in [-0.3, -0.25) is 0 Å². The van der Waals surface area contributed by atoms with Gasteiger partial charge in [-0.2, -0.15) is 5.10 Å². The van der Waals surface area contributed by atoms with Crippen LogP contribution in [0.1, 0.15) is 16.1 Å². The van der Waals surface area contributed by atoms with Crippen molar-refractivity contribution in [2.45, 2.75) is 6.92 Å². The first-order valence-corrected chi connectivity index (χ1v) is 5.05. The molecule has 0 bridgehead atoms. The third-order valence-electron chi connectivity index (χ3n) is 2.36. The number of aromatic nitrogens is 2. The molecule has 1 heterocycles. The lowest BCUT2D eigenvalue weighted by atomic mass is 10.2. The van der Waals surface area contributed by atoms with E-state index in [1.165, 1.54) is 13.2 Å². The van der Waals surface area contributed by atoms with Crippen LogP contribution in [-0.2, 0) is 0 Å². The van der Waals surface area contributed by atoms with E-state index in [0.717, 1.165) is 5.69 Å². The Kier molecular flexibility index (Phi) is 2.82. The number of carbonyl (C=O) groups is 1. The van der Waals surface area contributed by atoms with Gasteiger partial charge in [-0.05, 0) is 25.1 Å². The molecule has 17 heavy (non-hydrogen) atoms. The summed E-state index contributed by atoms with van der Waals surface area (Å²) in [5.41, 5.74) is 1.70. The summed E-state index contributed by atoms with van der Waals surface area (Å²) in [7, 11) is 1.50. The van der Waals surface area contributed by atoms with Crippen molar-refractivity contribution in [1.82, 2.24) is 9.78 Å². The van der Waals surface area contributed by atoms with Gasteiger partial charge >= 0.3 is 5.97 Å². The zero-order valence-electron chi connectivity index (χ0n) is 9.54. The summed E-state index contributed by atoms with van der Waals surface area (Å²) < 4.78 is 6.68. The molecule has 0 fully saturated rings. The maximum Gasteiger partial charge on any atom is 0.335 e. The third kappa shape index (κ3) is 2.28. The van der Waals surface area contributed by atoms with Gasteiger partial charge in [0.25, 0.3) is 0 Å². The van der Waals surface area contributed by atoms with Gasteiger partial charge in [-0.25, -0.2) is 9.48 Å². The molecule has 0 amide bonds. The number of hydrogen-bond donors (Lipinski definition) is 1. The molecule has 0 radical (unpaired) electrons. The number of aryl methyl sites for hydroxylation is 1. The second-order valence-electron chi connectivity index (χ2n) is 3.63. The van der Waals surface area contributed by atoms with Crippen LogP contribution in [0.2, 0.25) is 0 Å². The summed E-state index contributed by atoms with van der Waals surface area (Å²) in [5.74, 6) is -0.498. The van der Waals surface area contributed by atoms with Gasteiger partial charge in [0, 0.05) is 12.3 Å². The standard InChI is InChI=1S/C12H12N2O3/c1-8-3-4-14(13-8)10-5-9(12(15)16)6-11(7-10)17-2/h3-7H,1-2H3,(H,15,16). The molecule has 1 N–H and O–H groups in total. The van der Waals surface area contributed by atoms with Crippen LogP contribution in [0.15, 0.2) is 30.5 Å². The van der Waals surface area contributed by atoms with E-state index in [1.54, 1.807) is 23.0 Å². The minimum Gasteiger partial charge on any atom is -0.497 e. The van der Waals surface area contributed by atoms with Crippen molar-refractivity contribution in [3.8, 4) is 11.4 Å². The number of ether oxygens (including phenoxy) is 1. The lowest BCUT2D eigenvalue weighted by molar-refractivity contribution is 0.0696. The Morgan fingerprint density at radius 3 is 2.71 bits per heavy atom. The average Bonchev–Trinajstić information content (AvgIpc) is 2.75. The van der Waals surface area contributed by atoms with Crippen molar-refractivity contribution < 1.29 is 14.6 Å². The van der Waals surface area contributed by atoms with E-state index in [9.17, 15) is 4.79 Å². The van der Waals surface area contributed by atoms with Crippen LogP contribution < -0.4 is 4.74 Å². The number of methoxy groups -OCH3 is 1. The van der Waals surface area contributed by atoms with E-state index in [2.05, 4.69) is 5.10 Å². The molecule has 5 nitrogen and oxygen atoms in total. The molecular formula is C12H12N2O3. The van der Waals surface area contributed by atoms with Crippen molar-refractivity contribution in [2.24, 2.45) is 0 Å². The van der Waals surface area contributed by atoms with E-state index in [4.69, 9.17) is 9.84 Å². The molecule has 88 valence electrons. The molecule has 0 saturated heterocycles. The monoisotopic (exact) mass is 232 g/mol. The van der Waals surface area contributed by atoms with Crippen molar-refractivity contribution in [2.75, 3.05) is 7.11 Å². The van der Waals surface area contributed by atoms with E-state index in [0.29, 0.717) is 11.4 Å². The number of aromatic carboxylic acids is 1. The fourth-order valence-electron chi connectivity index (χ4n) is 1.52. The molecule has 5 heteroatoms. The summed E-state index contributed by atoms with van der Waals surface area (Å²) in [4.78, 5) is 11.0. The van der Waals surface area contributed by atoms with Crippen LogP contribution in [0.4, 0.5) is 0 Å². The molecule has 2 aromatic rings. The third-order valence-corrected chi connectivity index (χ3v) is 2.36. The maximum atomic E-state index is 11.0. The quantitative estimate of drug-likeness (QED) is 0.877. The van der Waals surface area contributed by atoms with E-state index < -0.39 is 5.97 Å². The van der Waals surface area contributed by atoms with Gasteiger partial charge in [0.15, 0.2) is 0 Å². The van der Waals surface area contributed by atoms with Gasteiger partial charge in [-0.1, -0.05) is 0 Å². The fourth-order valence-corrected chi connectivity index (χ4v) is 1.52. The highest BCUT2D eigenvalue weighted by atomic mass is 16.5. The molecule has 0 aliphatic carbocycles.